The molecule has 0 saturated carbocycles. The molecule has 6 nitrogen and oxygen atoms in total. The summed E-state index contributed by atoms with van der Waals surface area (Å²) in [5, 5.41) is 0.775. The maximum atomic E-state index is 12.3. The largest absolute Gasteiger partial charge is 1.00 e. The Morgan fingerprint density at radius 2 is 2.20 bits per heavy atom. The zero-order chi connectivity index (χ0) is 17.2. The number of ether oxygens (including phenoxy) is 2. The van der Waals surface area contributed by atoms with Crippen LogP contribution in [0.15, 0.2) is 29.4 Å². The number of carbonyl (C=O) groups is 2. The van der Waals surface area contributed by atoms with Crippen molar-refractivity contribution in [1.29, 1.82) is 0 Å². The van der Waals surface area contributed by atoms with E-state index in [0.29, 0.717) is 18.6 Å². The highest BCUT2D eigenvalue weighted by Crippen LogP contribution is 2.40. The summed E-state index contributed by atoms with van der Waals surface area (Å²) >= 11 is 1.49. The van der Waals surface area contributed by atoms with Gasteiger partial charge in [-0.05, 0) is 25.5 Å². The number of thioether (sulfide) groups is 1. The van der Waals surface area contributed by atoms with E-state index in [4.69, 9.17) is 9.47 Å². The number of imidazole rings is 1. The molecule has 8 heteroatoms. The smallest absolute Gasteiger partial charge is 0.323 e. The number of hydrogen-bond donors (Lipinski definition) is 1. The fourth-order valence-electron chi connectivity index (χ4n) is 2.91. The van der Waals surface area contributed by atoms with Gasteiger partial charge in [0.15, 0.2) is 10.6 Å². The number of carbonyl (C=O) groups excluding carboxylic acids is 2. The Morgan fingerprint density at radius 1 is 1.44 bits per heavy atom. The molecule has 0 spiro atoms. The molecule has 2 atom stereocenters. The van der Waals surface area contributed by atoms with Gasteiger partial charge in [-0.2, -0.15) is 0 Å². The van der Waals surface area contributed by atoms with Crippen molar-refractivity contribution in [1.82, 2.24) is 9.97 Å². The lowest BCUT2D eigenvalue weighted by atomic mass is 9.82. The van der Waals surface area contributed by atoms with Gasteiger partial charge in [0.1, 0.15) is 6.10 Å². The Hall–Kier alpha value is -1.73. The Bertz CT molecular complexity index is 733. The van der Waals surface area contributed by atoms with Crippen LogP contribution in [0.3, 0.4) is 0 Å². The summed E-state index contributed by atoms with van der Waals surface area (Å²) in [6, 6.07) is 7.78. The van der Waals surface area contributed by atoms with Crippen LogP contribution in [0.1, 0.15) is 26.7 Å². The number of esters is 2. The third-order valence-corrected chi connectivity index (χ3v) is 5.29. The second-order valence-corrected chi connectivity index (χ2v) is 6.77. The number of H-pyrrole nitrogens is 1. The van der Waals surface area contributed by atoms with Gasteiger partial charge in [0.05, 0.1) is 17.6 Å². The van der Waals surface area contributed by atoms with Gasteiger partial charge < -0.3 is 26.9 Å². The van der Waals surface area contributed by atoms with Crippen LogP contribution in [0.25, 0.3) is 11.0 Å². The van der Waals surface area contributed by atoms with Gasteiger partial charge >= 0.3 is 11.9 Å². The van der Waals surface area contributed by atoms with Gasteiger partial charge in [-0.15, -0.1) is 0 Å². The van der Waals surface area contributed by atoms with Crippen LogP contribution in [0.4, 0.5) is 0 Å². The van der Waals surface area contributed by atoms with Crippen molar-refractivity contribution in [3.8, 4) is 0 Å². The zero-order valence-corrected chi connectivity index (χ0v) is 15.7. The number of halogens is 1. The number of para-hydroxylation sites is 2. The number of nitrogens with zero attached hydrogens (tertiary/aromatic N) is 1. The first kappa shape index (κ1) is 19.6. The lowest BCUT2D eigenvalue weighted by Gasteiger charge is -2.20. The molecular weight excluding hydrogens is 364 g/mol. The summed E-state index contributed by atoms with van der Waals surface area (Å²) in [4.78, 5) is 32.2. The SMILES string of the molecule is CCOC(=O)C1(CC)CC(CSc2nc3ccccc3[nH]2)OC1=O.[Cl-]. The summed E-state index contributed by atoms with van der Waals surface area (Å²) in [5.74, 6) is -0.403. The van der Waals surface area contributed by atoms with Gasteiger partial charge in [0.2, 0.25) is 0 Å². The zero-order valence-electron chi connectivity index (χ0n) is 14.1. The molecule has 1 fully saturated rings. The summed E-state index contributed by atoms with van der Waals surface area (Å²) in [5.41, 5.74) is 0.713. The third-order valence-electron chi connectivity index (χ3n) is 4.28. The van der Waals surface area contributed by atoms with Crippen LogP contribution in [-0.2, 0) is 19.1 Å². The van der Waals surface area contributed by atoms with E-state index in [1.165, 1.54) is 11.8 Å². The lowest BCUT2D eigenvalue weighted by Crippen LogP contribution is -3.00. The number of benzene rings is 1. The maximum absolute atomic E-state index is 12.3. The number of hydrogen-bond acceptors (Lipinski definition) is 6. The van der Waals surface area contributed by atoms with Crippen molar-refractivity contribution in [3.05, 3.63) is 24.3 Å². The average Bonchev–Trinajstić information content (AvgIpc) is 3.14. The number of nitrogens with one attached hydrogen (secondary N) is 1. The van der Waals surface area contributed by atoms with Crippen LogP contribution >= 0.6 is 11.8 Å². The molecule has 1 aromatic heterocycles. The predicted molar refractivity (Wildman–Crippen MR) is 90.7 cm³/mol. The molecule has 0 radical (unpaired) electrons. The molecule has 2 unspecified atom stereocenters. The summed E-state index contributed by atoms with van der Waals surface area (Å²) in [7, 11) is 0. The van der Waals surface area contributed by atoms with Gasteiger partial charge in [0.25, 0.3) is 0 Å². The van der Waals surface area contributed by atoms with E-state index in [9.17, 15) is 9.59 Å². The van der Waals surface area contributed by atoms with Gasteiger partial charge in [-0.1, -0.05) is 30.8 Å². The molecule has 0 amide bonds. The van der Waals surface area contributed by atoms with Gasteiger partial charge in [0, 0.05) is 12.2 Å². The molecule has 3 rings (SSSR count). The van der Waals surface area contributed by atoms with Crippen molar-refractivity contribution in [2.45, 2.75) is 37.9 Å². The Morgan fingerprint density at radius 3 is 2.88 bits per heavy atom. The standard InChI is InChI=1S/C17H20N2O4S.ClH/c1-3-17(14(20)22-4-2)9-11(23-15(17)21)10-24-16-18-12-7-5-6-8-13(12)19-16;/h5-8,11H,3-4,9-10H2,1-2H3,(H,18,19);1H/p-1. The van der Waals surface area contributed by atoms with E-state index in [1.54, 1.807) is 6.92 Å². The second kappa shape index (κ2) is 8.10. The van der Waals surface area contributed by atoms with Crippen molar-refractivity contribution in [2.24, 2.45) is 5.41 Å². The minimum Gasteiger partial charge on any atom is -1.00 e. The Kier molecular flexibility index (Phi) is 6.35. The summed E-state index contributed by atoms with van der Waals surface area (Å²) in [6.07, 6.45) is 0.422. The fraction of sp³-hybridized carbons (Fsp3) is 0.471. The number of fused-ring (bicyclic) bond motifs is 1. The highest BCUT2D eigenvalue weighted by molar-refractivity contribution is 7.99. The van der Waals surface area contributed by atoms with Crippen molar-refractivity contribution in [3.63, 3.8) is 0 Å². The molecule has 136 valence electrons. The highest BCUT2D eigenvalue weighted by atomic mass is 35.5. The topological polar surface area (TPSA) is 81.3 Å². The minimum absolute atomic E-state index is 0. The third kappa shape index (κ3) is 3.77. The van der Waals surface area contributed by atoms with Crippen LogP contribution < -0.4 is 12.4 Å². The first-order chi connectivity index (χ1) is 11.6. The molecule has 2 heterocycles. The highest BCUT2D eigenvalue weighted by Gasteiger charge is 2.54. The van der Waals surface area contributed by atoms with Crippen molar-refractivity contribution >= 4 is 34.7 Å². The van der Waals surface area contributed by atoms with E-state index in [2.05, 4.69) is 9.97 Å². The quantitative estimate of drug-likeness (QED) is 0.427. The monoisotopic (exact) mass is 383 g/mol. The average molecular weight is 384 g/mol. The first-order valence-corrected chi connectivity index (χ1v) is 9.03. The van der Waals surface area contributed by atoms with E-state index in [0.717, 1.165) is 16.2 Å². The summed E-state index contributed by atoms with van der Waals surface area (Å²) in [6.45, 7) is 3.80. The minimum atomic E-state index is -1.16. The summed E-state index contributed by atoms with van der Waals surface area (Å²) < 4.78 is 10.5. The molecule has 1 saturated heterocycles. The molecule has 1 N–H and O–H groups in total. The molecule has 0 bridgehead atoms. The maximum Gasteiger partial charge on any atom is 0.323 e. The Balaban J connectivity index is 0.00000225. The van der Waals surface area contributed by atoms with Gasteiger partial charge in [-0.25, -0.2) is 4.98 Å². The van der Waals surface area contributed by atoms with Crippen molar-refractivity contribution < 1.29 is 31.5 Å². The number of rotatable bonds is 6. The van der Waals surface area contributed by atoms with E-state index in [-0.39, 0.29) is 25.1 Å². The molecule has 1 aliphatic rings. The van der Waals surface area contributed by atoms with Gasteiger partial charge in [-0.3, -0.25) is 9.59 Å². The molecule has 2 aromatic rings. The van der Waals surface area contributed by atoms with E-state index in [1.807, 2.05) is 31.2 Å². The molecule has 1 aromatic carbocycles. The van der Waals surface area contributed by atoms with E-state index >= 15 is 0 Å². The normalized spacial score (nSPS) is 22.5. The Labute approximate surface area is 156 Å². The van der Waals surface area contributed by atoms with E-state index < -0.39 is 17.4 Å². The van der Waals surface area contributed by atoms with Crippen LogP contribution in [0, 0.1) is 5.41 Å². The second-order valence-electron chi connectivity index (χ2n) is 5.76. The predicted octanol–water partition coefficient (Wildman–Crippen LogP) is -0.0660. The molecule has 25 heavy (non-hydrogen) atoms. The van der Waals surface area contributed by atoms with Crippen LogP contribution in [-0.4, -0.2) is 40.4 Å². The number of cyclic esters (lactones) is 1. The fourth-order valence-corrected chi connectivity index (χ4v) is 3.78. The molecule has 1 aliphatic heterocycles. The lowest BCUT2D eigenvalue weighted by molar-refractivity contribution is -0.165. The number of aromatic amines is 1. The number of aromatic nitrogens is 2. The van der Waals surface area contributed by atoms with Crippen molar-refractivity contribution in [2.75, 3.05) is 12.4 Å². The van der Waals surface area contributed by atoms with Crippen LogP contribution in [0.2, 0.25) is 0 Å². The first-order valence-electron chi connectivity index (χ1n) is 8.05. The molecule has 0 aliphatic carbocycles. The van der Waals surface area contributed by atoms with Crippen LogP contribution in [0.5, 0.6) is 0 Å². The molecular formula is C17H20ClN2O4S-.